The van der Waals surface area contributed by atoms with E-state index in [2.05, 4.69) is 19.7 Å². The van der Waals surface area contributed by atoms with Gasteiger partial charge in [-0.3, -0.25) is 4.90 Å². The Morgan fingerprint density at radius 1 is 0.897 bits per heavy atom. The van der Waals surface area contributed by atoms with Crippen molar-refractivity contribution in [1.29, 1.82) is 0 Å². The van der Waals surface area contributed by atoms with Crippen LogP contribution in [0.15, 0.2) is 6.33 Å². The van der Waals surface area contributed by atoms with E-state index in [1.807, 2.05) is 6.33 Å². The maximum Gasteiger partial charge on any atom is 0.135 e. The van der Waals surface area contributed by atoms with Crippen LogP contribution in [0.4, 0.5) is 5.82 Å². The molecule has 1 unspecified atom stereocenters. The fraction of sp³-hybridized carbons (Fsp3) is 0.826. The van der Waals surface area contributed by atoms with Gasteiger partial charge in [-0.2, -0.15) is 0 Å². The number of piperazine rings is 1. The zero-order chi connectivity index (χ0) is 19.5. The van der Waals surface area contributed by atoms with Crippen LogP contribution in [-0.2, 0) is 17.6 Å². The van der Waals surface area contributed by atoms with Gasteiger partial charge >= 0.3 is 0 Å². The highest BCUT2D eigenvalue weighted by atomic mass is 16.5. The molecule has 4 aliphatic rings. The minimum Gasteiger partial charge on any atom is -0.381 e. The minimum absolute atomic E-state index is 0.717. The first-order valence-corrected chi connectivity index (χ1v) is 12.0. The molecule has 4 heterocycles. The van der Waals surface area contributed by atoms with Crippen LogP contribution < -0.4 is 4.90 Å². The first-order chi connectivity index (χ1) is 14.4. The Morgan fingerprint density at radius 2 is 1.72 bits per heavy atom. The normalized spacial score (nSPS) is 27.7. The van der Waals surface area contributed by atoms with E-state index in [1.165, 1.54) is 75.2 Å². The number of anilines is 1. The monoisotopic (exact) mass is 399 g/mol. The number of hydrogen-bond acceptors (Lipinski definition) is 6. The molecule has 160 valence electrons. The highest BCUT2D eigenvalue weighted by molar-refractivity contribution is 5.49. The van der Waals surface area contributed by atoms with E-state index in [0.29, 0.717) is 0 Å². The maximum atomic E-state index is 5.58. The molecule has 1 aromatic rings. The Hall–Kier alpha value is -1.24. The van der Waals surface area contributed by atoms with Gasteiger partial charge in [0.2, 0.25) is 0 Å². The number of ether oxygens (including phenoxy) is 1. The largest absolute Gasteiger partial charge is 0.381 e. The lowest BCUT2D eigenvalue weighted by atomic mass is 9.94. The van der Waals surface area contributed by atoms with Crippen LogP contribution in [0.2, 0.25) is 0 Å². The summed E-state index contributed by atoms with van der Waals surface area (Å²) >= 11 is 0. The molecule has 5 rings (SSSR count). The number of rotatable bonds is 4. The zero-order valence-electron chi connectivity index (χ0n) is 17.9. The second-order valence-corrected chi connectivity index (χ2v) is 9.47. The Morgan fingerprint density at radius 3 is 2.52 bits per heavy atom. The average molecular weight is 400 g/mol. The van der Waals surface area contributed by atoms with Crippen molar-refractivity contribution in [2.24, 2.45) is 5.92 Å². The molecule has 6 nitrogen and oxygen atoms in total. The van der Waals surface area contributed by atoms with Crippen LogP contribution in [0.3, 0.4) is 0 Å². The van der Waals surface area contributed by atoms with Crippen molar-refractivity contribution in [2.75, 3.05) is 63.9 Å². The molecule has 6 heteroatoms. The SMILES string of the molecule is c1nc2c(c(N3CCN(C4CCCCC4)CC3)n1)CCN(CC1CCOC1)CC2. The molecule has 0 bridgehead atoms. The van der Waals surface area contributed by atoms with Gasteiger partial charge in [-0.1, -0.05) is 19.3 Å². The quantitative estimate of drug-likeness (QED) is 0.775. The van der Waals surface area contributed by atoms with Crippen molar-refractivity contribution in [3.63, 3.8) is 0 Å². The first kappa shape index (κ1) is 19.7. The molecule has 0 N–H and O–H groups in total. The highest BCUT2D eigenvalue weighted by Gasteiger charge is 2.28. The van der Waals surface area contributed by atoms with Crippen molar-refractivity contribution in [3.8, 4) is 0 Å². The van der Waals surface area contributed by atoms with Crippen LogP contribution >= 0.6 is 0 Å². The smallest absolute Gasteiger partial charge is 0.135 e. The standard InChI is InChI=1S/C23H37N5O/c1-2-4-20(5-3-1)27-11-13-28(14-12-27)23-21-6-9-26(16-19-8-15-29-17-19)10-7-22(21)24-18-25-23/h18-20H,1-17H2. The summed E-state index contributed by atoms with van der Waals surface area (Å²) < 4.78 is 5.58. The Bertz CT molecular complexity index is 663. The van der Waals surface area contributed by atoms with E-state index < -0.39 is 0 Å². The van der Waals surface area contributed by atoms with Crippen molar-refractivity contribution in [1.82, 2.24) is 19.8 Å². The second-order valence-electron chi connectivity index (χ2n) is 9.47. The van der Waals surface area contributed by atoms with Gasteiger partial charge in [0.05, 0.1) is 12.3 Å². The Balaban J connectivity index is 1.21. The van der Waals surface area contributed by atoms with E-state index in [0.717, 1.165) is 64.2 Å². The zero-order valence-corrected chi connectivity index (χ0v) is 17.9. The third-order valence-electron chi connectivity index (χ3n) is 7.60. The van der Waals surface area contributed by atoms with Crippen molar-refractivity contribution >= 4 is 5.82 Å². The second kappa shape index (κ2) is 9.27. The van der Waals surface area contributed by atoms with Crippen molar-refractivity contribution in [3.05, 3.63) is 17.6 Å². The summed E-state index contributed by atoms with van der Waals surface area (Å²) in [4.78, 5) is 17.4. The summed E-state index contributed by atoms with van der Waals surface area (Å²) in [5.74, 6) is 1.94. The van der Waals surface area contributed by atoms with E-state index in [1.54, 1.807) is 0 Å². The summed E-state index contributed by atoms with van der Waals surface area (Å²) in [7, 11) is 0. The fourth-order valence-electron chi connectivity index (χ4n) is 5.85. The number of fused-ring (bicyclic) bond motifs is 1. The molecule has 1 atom stereocenters. The molecule has 1 aliphatic carbocycles. The summed E-state index contributed by atoms with van der Waals surface area (Å²) in [5.41, 5.74) is 2.71. The van der Waals surface area contributed by atoms with E-state index in [-0.39, 0.29) is 0 Å². The molecule has 1 aromatic heterocycles. The van der Waals surface area contributed by atoms with Gasteiger partial charge in [-0.15, -0.1) is 0 Å². The van der Waals surface area contributed by atoms with Crippen LogP contribution in [0, 0.1) is 5.92 Å². The molecular formula is C23H37N5O. The molecule has 0 aromatic carbocycles. The first-order valence-electron chi connectivity index (χ1n) is 12.0. The molecule has 29 heavy (non-hydrogen) atoms. The topological polar surface area (TPSA) is 44.7 Å². The Labute approximate surface area is 175 Å². The lowest BCUT2D eigenvalue weighted by Crippen LogP contribution is -2.51. The third kappa shape index (κ3) is 4.59. The summed E-state index contributed by atoms with van der Waals surface area (Å²) in [5, 5.41) is 0. The van der Waals surface area contributed by atoms with Crippen molar-refractivity contribution in [2.45, 2.75) is 57.4 Å². The van der Waals surface area contributed by atoms with Crippen LogP contribution in [0.25, 0.3) is 0 Å². The van der Waals surface area contributed by atoms with Gasteiger partial charge < -0.3 is 14.5 Å². The van der Waals surface area contributed by atoms with Crippen LogP contribution in [0.1, 0.15) is 49.8 Å². The summed E-state index contributed by atoms with van der Waals surface area (Å²) in [6.07, 6.45) is 12.3. The van der Waals surface area contributed by atoms with Gasteiger partial charge in [0.15, 0.2) is 0 Å². The minimum atomic E-state index is 0.717. The van der Waals surface area contributed by atoms with E-state index in [4.69, 9.17) is 9.72 Å². The van der Waals surface area contributed by atoms with Gasteiger partial charge in [0.25, 0.3) is 0 Å². The highest BCUT2D eigenvalue weighted by Crippen LogP contribution is 2.28. The predicted octanol–water partition coefficient (Wildman–Crippen LogP) is 2.37. The van der Waals surface area contributed by atoms with Gasteiger partial charge in [-0.25, -0.2) is 9.97 Å². The van der Waals surface area contributed by atoms with Gasteiger partial charge in [-0.05, 0) is 31.6 Å². The average Bonchev–Trinajstić information content (AvgIpc) is 3.21. The summed E-state index contributed by atoms with van der Waals surface area (Å²) in [6, 6.07) is 0.835. The molecule has 0 spiro atoms. The van der Waals surface area contributed by atoms with Crippen LogP contribution in [-0.4, -0.2) is 84.8 Å². The van der Waals surface area contributed by atoms with Gasteiger partial charge in [0, 0.05) is 70.4 Å². The van der Waals surface area contributed by atoms with E-state index >= 15 is 0 Å². The van der Waals surface area contributed by atoms with Gasteiger partial charge in [0.1, 0.15) is 12.1 Å². The molecule has 1 saturated carbocycles. The lowest BCUT2D eigenvalue weighted by Gasteiger charge is -2.41. The Kier molecular flexibility index (Phi) is 6.30. The van der Waals surface area contributed by atoms with Crippen LogP contribution in [0.5, 0.6) is 0 Å². The lowest BCUT2D eigenvalue weighted by molar-refractivity contribution is 0.147. The molecule has 0 radical (unpaired) electrons. The predicted molar refractivity (Wildman–Crippen MR) is 115 cm³/mol. The molecular weight excluding hydrogens is 362 g/mol. The molecule has 0 amide bonds. The fourth-order valence-corrected chi connectivity index (χ4v) is 5.85. The van der Waals surface area contributed by atoms with Crippen molar-refractivity contribution < 1.29 is 4.74 Å². The molecule has 3 aliphatic heterocycles. The molecule has 2 saturated heterocycles. The van der Waals surface area contributed by atoms with E-state index in [9.17, 15) is 0 Å². The number of aromatic nitrogens is 2. The number of nitrogens with zero attached hydrogens (tertiary/aromatic N) is 5. The third-order valence-corrected chi connectivity index (χ3v) is 7.60. The summed E-state index contributed by atoms with van der Waals surface area (Å²) in [6.45, 7) is 9.93. The molecule has 3 fully saturated rings. The maximum absolute atomic E-state index is 5.58. The number of hydrogen-bond donors (Lipinski definition) is 0.